The summed E-state index contributed by atoms with van der Waals surface area (Å²) >= 11 is 0. The number of aliphatic hydroxyl groups excluding tert-OH is 1. The van der Waals surface area contributed by atoms with Crippen molar-refractivity contribution in [1.29, 1.82) is 0 Å². The summed E-state index contributed by atoms with van der Waals surface area (Å²) in [6, 6.07) is 6.37. The Morgan fingerprint density at radius 3 is 2.49 bits per heavy atom. The van der Waals surface area contributed by atoms with Gasteiger partial charge in [-0.05, 0) is 30.9 Å². The van der Waals surface area contributed by atoms with Gasteiger partial charge in [0.1, 0.15) is 6.61 Å². The number of esters is 1. The number of imide groups is 1. The molecule has 1 aliphatic heterocycles. The number of hydrogen-bond acceptors (Lipinski definition) is 10. The molecule has 1 aromatic rings. The van der Waals surface area contributed by atoms with Crippen molar-refractivity contribution in [3.63, 3.8) is 0 Å². The number of carbonyl (C=O) groups is 5. The Kier molecular flexibility index (Phi) is 12.4. The van der Waals surface area contributed by atoms with Crippen LogP contribution in [0.1, 0.15) is 44.7 Å². The van der Waals surface area contributed by atoms with Crippen molar-refractivity contribution in [2.24, 2.45) is 5.92 Å². The van der Waals surface area contributed by atoms with Crippen molar-refractivity contribution in [3.05, 3.63) is 41.5 Å². The first-order valence-corrected chi connectivity index (χ1v) is 12.8. The van der Waals surface area contributed by atoms with Gasteiger partial charge in [-0.15, -0.1) is 0 Å². The quantitative estimate of drug-likeness (QED) is 0.197. The molecule has 11 nitrogen and oxygen atoms in total. The Hall–Kier alpha value is -3.41. The van der Waals surface area contributed by atoms with Gasteiger partial charge in [-0.2, -0.15) is 0 Å². The molecule has 2 amide bonds. The van der Waals surface area contributed by atoms with Crippen LogP contribution in [0.5, 0.6) is 0 Å². The Balaban J connectivity index is 2.44. The number of rotatable bonds is 15. The van der Waals surface area contributed by atoms with Gasteiger partial charge in [0.15, 0.2) is 23.8 Å². The third-order valence-corrected chi connectivity index (χ3v) is 6.10. The Morgan fingerprint density at radius 1 is 1.18 bits per heavy atom. The Morgan fingerprint density at radius 2 is 1.90 bits per heavy atom. The summed E-state index contributed by atoms with van der Waals surface area (Å²) in [5.41, 5.74) is 1.37. The highest BCUT2D eigenvalue weighted by Crippen LogP contribution is 2.25. The zero-order valence-corrected chi connectivity index (χ0v) is 23.0. The lowest BCUT2D eigenvalue weighted by Gasteiger charge is -2.29. The Labute approximate surface area is 228 Å². The summed E-state index contributed by atoms with van der Waals surface area (Å²) in [6.07, 6.45) is -2.88. The molecule has 2 rings (SSSR count). The number of nitrogens with zero attached hydrogens (tertiary/aromatic N) is 1. The lowest BCUT2D eigenvalue weighted by Crippen LogP contribution is -2.53. The van der Waals surface area contributed by atoms with Gasteiger partial charge in [0.05, 0.1) is 19.3 Å². The van der Waals surface area contributed by atoms with E-state index in [9.17, 15) is 24.0 Å². The number of allylic oxidation sites excluding steroid dienone is 1. The first-order valence-electron chi connectivity index (χ1n) is 12.8. The lowest BCUT2D eigenvalue weighted by atomic mass is 9.94. The summed E-state index contributed by atoms with van der Waals surface area (Å²) < 4.78 is 20.8. The fourth-order valence-corrected chi connectivity index (χ4v) is 4.12. The number of aryl methyl sites for hydroxylation is 1. The molecule has 1 N–H and O–H groups in total. The second-order valence-electron chi connectivity index (χ2n) is 9.48. The normalized spacial score (nSPS) is 17.1. The van der Waals surface area contributed by atoms with Crippen molar-refractivity contribution in [2.75, 3.05) is 33.5 Å². The summed E-state index contributed by atoms with van der Waals surface area (Å²) in [5, 5.41) is 8.84. The number of ketones is 2. The van der Waals surface area contributed by atoms with Crippen molar-refractivity contribution in [2.45, 2.75) is 58.8 Å². The zero-order chi connectivity index (χ0) is 29.1. The lowest BCUT2D eigenvalue weighted by molar-refractivity contribution is -0.166. The van der Waals surface area contributed by atoms with Gasteiger partial charge in [-0.1, -0.05) is 43.7 Å². The Bertz CT molecular complexity index is 1080. The van der Waals surface area contributed by atoms with E-state index in [0.717, 1.165) is 30.6 Å². The molecule has 0 spiro atoms. The van der Waals surface area contributed by atoms with Crippen LogP contribution >= 0.6 is 0 Å². The first-order chi connectivity index (χ1) is 18.5. The number of cyclic esters (lactones) is 1. The number of Topliss-reactive ketones (excluding diaryl/α,β-unsaturated/α-hetero) is 1. The van der Waals surface area contributed by atoms with Crippen molar-refractivity contribution < 1.29 is 48.0 Å². The van der Waals surface area contributed by atoms with Gasteiger partial charge in [-0.25, -0.2) is 9.69 Å². The van der Waals surface area contributed by atoms with Crippen LogP contribution in [-0.2, 0) is 38.1 Å². The van der Waals surface area contributed by atoms with Crippen LogP contribution < -0.4 is 0 Å². The minimum absolute atomic E-state index is 0.0151. The molecule has 1 aromatic carbocycles. The average Bonchev–Trinajstić information content (AvgIpc) is 3.28. The van der Waals surface area contributed by atoms with E-state index in [0.29, 0.717) is 12.0 Å². The summed E-state index contributed by atoms with van der Waals surface area (Å²) in [6.45, 7) is 6.74. The van der Waals surface area contributed by atoms with Gasteiger partial charge >= 0.3 is 12.1 Å². The predicted octanol–water partition coefficient (Wildman–Crippen LogP) is 2.26. The van der Waals surface area contributed by atoms with Crippen LogP contribution in [0.3, 0.4) is 0 Å². The maximum absolute atomic E-state index is 13.6. The van der Waals surface area contributed by atoms with Crippen LogP contribution in [0, 0.1) is 12.8 Å². The standard InChI is InChI=1S/C28H37NO10/c1-17(2)22-16-38-28(35)29(22)27(34)26(36-5)25(39-19(4)31)24(33)15-21(20-9-6-8-18(3)14-20)23(32)10-7-12-37-13-11-30/h6,8-9,14-15,17,22,25-26,30H,7,10-13,16H2,1-5H3/t22-,25-,26+/m1/s1. The number of methoxy groups -OCH3 is 1. The number of ether oxygens (including phenoxy) is 4. The summed E-state index contributed by atoms with van der Waals surface area (Å²) in [7, 11) is 1.15. The molecular weight excluding hydrogens is 510 g/mol. The van der Waals surface area contributed by atoms with Crippen molar-refractivity contribution in [1.82, 2.24) is 4.90 Å². The molecular formula is C28H37NO10. The molecule has 1 aliphatic rings. The van der Waals surface area contributed by atoms with Gasteiger partial charge in [0.25, 0.3) is 5.91 Å². The monoisotopic (exact) mass is 547 g/mol. The highest BCUT2D eigenvalue weighted by atomic mass is 16.6. The number of amides is 2. The molecule has 11 heteroatoms. The fourth-order valence-electron chi connectivity index (χ4n) is 4.12. The number of hydrogen-bond donors (Lipinski definition) is 1. The van der Waals surface area contributed by atoms with Crippen LogP contribution in [0.4, 0.5) is 4.79 Å². The summed E-state index contributed by atoms with van der Waals surface area (Å²) in [4.78, 5) is 65.4. The second-order valence-corrected chi connectivity index (χ2v) is 9.48. The highest BCUT2D eigenvalue weighted by Gasteiger charge is 2.46. The number of benzene rings is 1. The largest absolute Gasteiger partial charge is 0.451 e. The van der Waals surface area contributed by atoms with Gasteiger partial charge < -0.3 is 24.1 Å². The molecule has 0 aromatic heterocycles. The zero-order valence-electron chi connectivity index (χ0n) is 23.0. The molecule has 1 heterocycles. The smallest absolute Gasteiger partial charge is 0.417 e. The van der Waals surface area contributed by atoms with E-state index in [1.165, 1.54) is 0 Å². The van der Waals surface area contributed by atoms with Crippen LogP contribution in [0.2, 0.25) is 0 Å². The maximum Gasteiger partial charge on any atom is 0.417 e. The van der Waals surface area contributed by atoms with Crippen LogP contribution in [-0.4, -0.2) is 91.3 Å². The molecule has 1 saturated heterocycles. The molecule has 0 saturated carbocycles. The molecule has 214 valence electrons. The fraction of sp³-hybridized carbons (Fsp3) is 0.536. The topological polar surface area (TPSA) is 146 Å². The van der Waals surface area contributed by atoms with E-state index in [-0.39, 0.29) is 50.1 Å². The molecule has 0 radical (unpaired) electrons. The van der Waals surface area contributed by atoms with E-state index in [1.54, 1.807) is 32.0 Å². The third-order valence-electron chi connectivity index (χ3n) is 6.10. The van der Waals surface area contributed by atoms with Crippen LogP contribution in [0.25, 0.3) is 5.57 Å². The SMILES string of the molecule is CO[C@H](C(=O)N1C(=O)OC[C@@H]1C(C)C)[C@H](OC(C)=O)C(=O)C=C(C(=O)CCCOCCO)c1cccc(C)c1. The molecule has 1 fully saturated rings. The number of aliphatic hydroxyl groups is 1. The van der Waals surface area contributed by atoms with Gasteiger partial charge in [0.2, 0.25) is 0 Å². The van der Waals surface area contributed by atoms with Crippen molar-refractivity contribution in [3.8, 4) is 0 Å². The maximum atomic E-state index is 13.6. The number of carbonyl (C=O) groups excluding carboxylic acids is 5. The molecule has 39 heavy (non-hydrogen) atoms. The third kappa shape index (κ3) is 8.81. The summed E-state index contributed by atoms with van der Waals surface area (Å²) in [5.74, 6) is -3.12. The predicted molar refractivity (Wildman–Crippen MR) is 139 cm³/mol. The van der Waals surface area contributed by atoms with Crippen LogP contribution in [0.15, 0.2) is 30.3 Å². The van der Waals surface area contributed by atoms with E-state index < -0.39 is 42.0 Å². The van der Waals surface area contributed by atoms with E-state index in [2.05, 4.69) is 0 Å². The second kappa shape index (κ2) is 15.2. The minimum atomic E-state index is -1.76. The average molecular weight is 548 g/mol. The van der Waals surface area contributed by atoms with E-state index in [1.807, 2.05) is 13.0 Å². The van der Waals surface area contributed by atoms with E-state index >= 15 is 0 Å². The van der Waals surface area contributed by atoms with Gasteiger partial charge in [0, 0.05) is 32.6 Å². The molecule has 0 unspecified atom stereocenters. The first kappa shape index (κ1) is 31.8. The molecule has 0 aliphatic carbocycles. The van der Waals surface area contributed by atoms with E-state index in [4.69, 9.17) is 24.1 Å². The highest BCUT2D eigenvalue weighted by molar-refractivity contribution is 6.25. The minimum Gasteiger partial charge on any atom is -0.451 e. The van der Waals surface area contributed by atoms with Gasteiger partial charge in [-0.3, -0.25) is 19.2 Å². The van der Waals surface area contributed by atoms with Crippen molar-refractivity contribution >= 4 is 35.1 Å². The molecule has 0 bridgehead atoms. The molecule has 3 atom stereocenters.